The lowest BCUT2D eigenvalue weighted by molar-refractivity contribution is -0.123. The van der Waals surface area contributed by atoms with E-state index in [9.17, 15) is 9.59 Å². The summed E-state index contributed by atoms with van der Waals surface area (Å²) in [7, 11) is 2.02. The number of fused-ring (bicyclic) bond motifs is 1. The van der Waals surface area contributed by atoms with Gasteiger partial charge in [0.2, 0.25) is 0 Å². The topological polar surface area (TPSA) is 65.5 Å². The highest BCUT2D eigenvalue weighted by Gasteiger charge is 2.35. The second-order valence-corrected chi connectivity index (χ2v) is 12.0. The van der Waals surface area contributed by atoms with Crippen molar-refractivity contribution in [2.24, 2.45) is 5.92 Å². The zero-order valence-electron chi connectivity index (χ0n) is 23.8. The zero-order chi connectivity index (χ0) is 27.6. The molecule has 3 heterocycles. The van der Waals surface area contributed by atoms with Gasteiger partial charge in [-0.1, -0.05) is 31.6 Å². The second-order valence-electron chi connectivity index (χ2n) is 12.0. The van der Waals surface area contributed by atoms with E-state index in [1.165, 1.54) is 49.1 Å². The molecule has 2 aliphatic carbocycles. The van der Waals surface area contributed by atoms with Crippen LogP contribution in [0.5, 0.6) is 0 Å². The number of aromatic nitrogens is 1. The van der Waals surface area contributed by atoms with Crippen molar-refractivity contribution in [2.75, 3.05) is 31.6 Å². The van der Waals surface area contributed by atoms with Crippen LogP contribution in [0.15, 0.2) is 47.9 Å². The molecule has 6 heteroatoms. The molecule has 1 amide bonds. The van der Waals surface area contributed by atoms with Crippen molar-refractivity contribution in [2.45, 2.75) is 76.7 Å². The lowest BCUT2D eigenvalue weighted by atomic mass is 9.81. The van der Waals surface area contributed by atoms with Gasteiger partial charge in [0.15, 0.2) is 5.78 Å². The van der Waals surface area contributed by atoms with Gasteiger partial charge in [-0.25, -0.2) is 0 Å². The van der Waals surface area contributed by atoms with E-state index >= 15 is 0 Å². The van der Waals surface area contributed by atoms with Crippen molar-refractivity contribution >= 4 is 17.4 Å². The number of carbonyl (C=O) groups excluding carboxylic acids is 2. The van der Waals surface area contributed by atoms with Crippen LogP contribution in [0.2, 0.25) is 0 Å². The Morgan fingerprint density at radius 3 is 2.58 bits per heavy atom. The molecule has 208 valence electrons. The lowest BCUT2D eigenvalue weighted by Gasteiger charge is -2.40. The molecule has 0 spiro atoms. The van der Waals surface area contributed by atoms with Gasteiger partial charge in [-0.15, -0.1) is 0 Å². The number of rotatable bonds is 4. The summed E-state index contributed by atoms with van der Waals surface area (Å²) in [5, 5.41) is 3.22. The van der Waals surface area contributed by atoms with Crippen LogP contribution < -0.4 is 10.2 Å². The van der Waals surface area contributed by atoms with Gasteiger partial charge in [0.1, 0.15) is 0 Å². The minimum absolute atomic E-state index is 0.0892. The summed E-state index contributed by atoms with van der Waals surface area (Å²) in [5.41, 5.74) is 7.33. The molecule has 6 nitrogen and oxygen atoms in total. The maximum absolute atomic E-state index is 14.0. The molecule has 2 aromatic rings. The number of hydrogen-bond acceptors (Lipinski definition) is 5. The molecule has 40 heavy (non-hydrogen) atoms. The van der Waals surface area contributed by atoms with E-state index < -0.39 is 0 Å². The Morgan fingerprint density at radius 1 is 1.02 bits per heavy atom. The Hall–Kier alpha value is -3.59. The van der Waals surface area contributed by atoms with Crippen molar-refractivity contribution in [1.82, 2.24) is 15.2 Å². The molecule has 1 fully saturated rings. The molecular weight excluding hydrogens is 496 g/mol. The van der Waals surface area contributed by atoms with Gasteiger partial charge in [0, 0.05) is 66.6 Å². The molecular formula is C34H40N4O2. The van der Waals surface area contributed by atoms with Crippen LogP contribution in [-0.2, 0) is 4.79 Å². The Labute approximate surface area is 238 Å². The molecule has 0 bridgehead atoms. The van der Waals surface area contributed by atoms with E-state index in [1.807, 2.05) is 25.2 Å². The highest BCUT2D eigenvalue weighted by atomic mass is 16.2. The first kappa shape index (κ1) is 26.6. The third kappa shape index (κ3) is 5.27. The molecule has 1 aromatic heterocycles. The summed E-state index contributed by atoms with van der Waals surface area (Å²) in [6.45, 7) is 4.06. The summed E-state index contributed by atoms with van der Waals surface area (Å²) in [4.78, 5) is 35.8. The largest absolute Gasteiger partial charge is 0.371 e. The highest BCUT2D eigenvalue weighted by molar-refractivity contribution is 5.99. The van der Waals surface area contributed by atoms with Crippen LogP contribution in [0.1, 0.15) is 97.7 Å². The number of nitrogens with one attached hydrogen (secondary N) is 1. The van der Waals surface area contributed by atoms with Gasteiger partial charge in [-0.3, -0.25) is 14.6 Å². The van der Waals surface area contributed by atoms with Crippen molar-refractivity contribution in [3.8, 4) is 11.8 Å². The number of ketones is 1. The van der Waals surface area contributed by atoms with Crippen molar-refractivity contribution < 1.29 is 9.59 Å². The van der Waals surface area contributed by atoms with E-state index in [4.69, 9.17) is 0 Å². The molecule has 2 aliphatic heterocycles. The lowest BCUT2D eigenvalue weighted by Crippen LogP contribution is -2.44. The number of benzene rings is 1. The number of likely N-dealkylation sites (N-methyl/N-ethyl adjacent to an activating group) is 1. The number of Topliss-reactive ketones (excluding diaryl/α,β-unsaturated/α-hetero) is 1. The van der Waals surface area contributed by atoms with Gasteiger partial charge in [0.25, 0.3) is 5.91 Å². The van der Waals surface area contributed by atoms with E-state index in [1.54, 1.807) is 12.4 Å². The number of allylic oxidation sites excluding steroid dienone is 1. The Balaban J connectivity index is 1.34. The Bertz CT molecular complexity index is 1380. The first-order valence-electron chi connectivity index (χ1n) is 15.1. The fourth-order valence-electron chi connectivity index (χ4n) is 7.31. The molecule has 1 aromatic carbocycles. The first-order chi connectivity index (χ1) is 19.5. The Kier molecular flexibility index (Phi) is 7.65. The number of anilines is 1. The van der Waals surface area contributed by atoms with Gasteiger partial charge < -0.3 is 15.1 Å². The number of hydrogen-bond donors (Lipinski definition) is 1. The van der Waals surface area contributed by atoms with Crippen LogP contribution in [0, 0.1) is 17.8 Å². The van der Waals surface area contributed by atoms with Crippen molar-refractivity contribution in [3.05, 3.63) is 70.2 Å². The molecule has 6 rings (SSSR count). The van der Waals surface area contributed by atoms with Crippen LogP contribution in [0.25, 0.3) is 0 Å². The zero-order valence-corrected chi connectivity index (χ0v) is 23.8. The average Bonchev–Trinajstić information content (AvgIpc) is 3.51. The maximum Gasteiger partial charge on any atom is 0.251 e. The third-order valence-corrected chi connectivity index (χ3v) is 9.42. The van der Waals surface area contributed by atoms with Crippen LogP contribution in [0.3, 0.4) is 0 Å². The summed E-state index contributed by atoms with van der Waals surface area (Å²) in [6.07, 6.45) is 13.8. The van der Waals surface area contributed by atoms with Crippen LogP contribution >= 0.6 is 0 Å². The van der Waals surface area contributed by atoms with Gasteiger partial charge in [0.05, 0.1) is 12.5 Å². The number of carbonyl (C=O) groups is 2. The average molecular weight is 537 g/mol. The minimum atomic E-state index is -0.214. The summed E-state index contributed by atoms with van der Waals surface area (Å²) < 4.78 is 0. The van der Waals surface area contributed by atoms with Crippen molar-refractivity contribution in [1.29, 1.82) is 0 Å². The number of pyridine rings is 1. The number of nitrogens with zero attached hydrogens (tertiary/aromatic N) is 3. The van der Waals surface area contributed by atoms with Crippen molar-refractivity contribution in [3.63, 3.8) is 0 Å². The molecule has 2 unspecified atom stereocenters. The maximum atomic E-state index is 14.0. The molecule has 0 radical (unpaired) electrons. The van der Waals surface area contributed by atoms with Gasteiger partial charge in [-0.05, 0) is 86.3 Å². The molecule has 1 N–H and O–H groups in total. The second kappa shape index (κ2) is 11.5. The van der Waals surface area contributed by atoms with E-state index in [0.29, 0.717) is 24.7 Å². The monoisotopic (exact) mass is 536 g/mol. The molecule has 2 atom stereocenters. The smallest absolute Gasteiger partial charge is 0.251 e. The van der Waals surface area contributed by atoms with E-state index in [-0.39, 0.29) is 23.5 Å². The Morgan fingerprint density at radius 2 is 1.77 bits per heavy atom. The predicted octanol–water partition coefficient (Wildman–Crippen LogP) is 5.43. The van der Waals surface area contributed by atoms with E-state index in [2.05, 4.69) is 44.9 Å². The normalized spacial score (nSPS) is 22.9. The fourth-order valence-corrected chi connectivity index (χ4v) is 7.31. The standard InChI is InChI=1S/C34H40N4O2/c1-23-15-18-38(26-7-3-4-8-26)31-20-25(12-11-24-13-16-35-17-14-24)19-28(33(23)31)34(40)36-21-29-27-9-5-6-10-30(27)37(2)22-32(29)39/h13-14,16-17,19-20,23,26,29H,3-10,15,18,21-22H2,1-2H3,(H,36,40). The number of amides is 1. The molecule has 0 saturated heterocycles. The van der Waals surface area contributed by atoms with E-state index in [0.717, 1.165) is 48.9 Å². The highest BCUT2D eigenvalue weighted by Crippen LogP contribution is 2.42. The molecule has 4 aliphatic rings. The third-order valence-electron chi connectivity index (χ3n) is 9.42. The fraction of sp³-hybridized carbons (Fsp3) is 0.500. The SMILES string of the molecule is CC1CCN(C2CCCC2)c2cc(C#Cc3ccncc3)cc(C(=O)NCC3C(=O)CN(C)C4=C3CCCC4)c21. The summed E-state index contributed by atoms with van der Waals surface area (Å²) >= 11 is 0. The summed E-state index contributed by atoms with van der Waals surface area (Å²) in [6, 6.07) is 8.50. The quantitative estimate of drug-likeness (QED) is 0.528. The van der Waals surface area contributed by atoms with Crippen LogP contribution in [-0.4, -0.2) is 54.3 Å². The van der Waals surface area contributed by atoms with Gasteiger partial charge in [-0.2, -0.15) is 0 Å². The predicted molar refractivity (Wildman–Crippen MR) is 158 cm³/mol. The molecule has 1 saturated carbocycles. The summed E-state index contributed by atoms with van der Waals surface area (Å²) in [5.74, 6) is 6.79. The van der Waals surface area contributed by atoms with Gasteiger partial charge >= 0.3 is 0 Å². The van der Waals surface area contributed by atoms with Crippen LogP contribution in [0.4, 0.5) is 5.69 Å². The first-order valence-corrected chi connectivity index (χ1v) is 15.1. The minimum Gasteiger partial charge on any atom is -0.371 e.